The third-order valence-electron chi connectivity index (χ3n) is 4.92. The number of hydrogen-bond donors (Lipinski definition) is 1. The maximum atomic E-state index is 12.2. The average molecular weight is 410 g/mol. The topological polar surface area (TPSA) is 94.2 Å². The largest absolute Gasteiger partial charge is 0.486 e. The first-order chi connectivity index (χ1) is 14.6. The Bertz CT molecular complexity index is 943. The van der Waals surface area contributed by atoms with Crippen LogP contribution in [-0.2, 0) is 14.3 Å². The SMILES string of the molecule is O=C(COC(=O)c1ccc(N2CCCC2=O)cc1)NC[C@@H]1COc2ccccc2O1. The molecule has 8 nitrogen and oxygen atoms in total. The highest BCUT2D eigenvalue weighted by Gasteiger charge is 2.23. The molecule has 0 spiro atoms. The number of hydrogen-bond acceptors (Lipinski definition) is 6. The molecule has 0 radical (unpaired) electrons. The molecule has 1 fully saturated rings. The lowest BCUT2D eigenvalue weighted by atomic mass is 10.2. The second-order valence-corrected chi connectivity index (χ2v) is 7.07. The average Bonchev–Trinajstić information content (AvgIpc) is 3.21. The minimum atomic E-state index is -0.601. The van der Waals surface area contributed by atoms with Crippen LogP contribution in [0.1, 0.15) is 23.2 Å². The van der Waals surface area contributed by atoms with Crippen LogP contribution in [-0.4, -0.2) is 50.2 Å². The van der Waals surface area contributed by atoms with Gasteiger partial charge in [-0.15, -0.1) is 0 Å². The summed E-state index contributed by atoms with van der Waals surface area (Å²) in [5.41, 5.74) is 1.07. The van der Waals surface area contributed by atoms with Crippen molar-refractivity contribution in [2.45, 2.75) is 18.9 Å². The molecule has 30 heavy (non-hydrogen) atoms. The molecule has 2 aliphatic rings. The number of anilines is 1. The molecule has 1 saturated heterocycles. The van der Waals surface area contributed by atoms with Crippen molar-refractivity contribution < 1.29 is 28.6 Å². The molecule has 4 rings (SSSR count). The summed E-state index contributed by atoms with van der Waals surface area (Å²) in [4.78, 5) is 37.6. The lowest BCUT2D eigenvalue weighted by Gasteiger charge is -2.26. The number of nitrogens with one attached hydrogen (secondary N) is 1. The smallest absolute Gasteiger partial charge is 0.338 e. The van der Waals surface area contributed by atoms with E-state index in [0.29, 0.717) is 36.6 Å². The molecule has 2 aliphatic heterocycles. The second kappa shape index (κ2) is 8.86. The van der Waals surface area contributed by atoms with E-state index in [1.807, 2.05) is 18.2 Å². The number of para-hydroxylation sites is 2. The summed E-state index contributed by atoms with van der Waals surface area (Å²) in [6.45, 7) is 0.853. The van der Waals surface area contributed by atoms with Gasteiger partial charge in [-0.2, -0.15) is 0 Å². The molecule has 156 valence electrons. The molecule has 1 atom stereocenters. The number of ether oxygens (including phenoxy) is 3. The van der Waals surface area contributed by atoms with Crippen LogP contribution in [0.15, 0.2) is 48.5 Å². The van der Waals surface area contributed by atoms with Crippen molar-refractivity contribution >= 4 is 23.5 Å². The first-order valence-corrected chi connectivity index (χ1v) is 9.83. The Morgan fingerprint density at radius 2 is 1.87 bits per heavy atom. The van der Waals surface area contributed by atoms with Gasteiger partial charge < -0.3 is 24.4 Å². The van der Waals surface area contributed by atoms with Gasteiger partial charge in [0.1, 0.15) is 12.7 Å². The molecule has 2 aromatic rings. The summed E-state index contributed by atoms with van der Waals surface area (Å²) < 4.78 is 16.4. The zero-order valence-electron chi connectivity index (χ0n) is 16.3. The zero-order chi connectivity index (χ0) is 20.9. The Morgan fingerprint density at radius 3 is 2.60 bits per heavy atom. The maximum absolute atomic E-state index is 12.2. The number of amides is 2. The number of esters is 1. The van der Waals surface area contributed by atoms with E-state index in [1.54, 1.807) is 35.2 Å². The van der Waals surface area contributed by atoms with Crippen LogP contribution in [0, 0.1) is 0 Å². The van der Waals surface area contributed by atoms with Crippen LogP contribution in [0.4, 0.5) is 5.69 Å². The first-order valence-electron chi connectivity index (χ1n) is 9.83. The van der Waals surface area contributed by atoms with Crippen molar-refractivity contribution in [3.8, 4) is 11.5 Å². The van der Waals surface area contributed by atoms with Gasteiger partial charge in [-0.05, 0) is 42.8 Å². The first kappa shape index (κ1) is 19.8. The minimum Gasteiger partial charge on any atom is -0.486 e. The van der Waals surface area contributed by atoms with Gasteiger partial charge in [0, 0.05) is 18.7 Å². The summed E-state index contributed by atoms with van der Waals surface area (Å²) in [6, 6.07) is 13.9. The lowest BCUT2D eigenvalue weighted by Crippen LogP contribution is -2.42. The van der Waals surface area contributed by atoms with Crippen LogP contribution in [0.25, 0.3) is 0 Å². The normalized spacial score (nSPS) is 17.5. The molecule has 8 heteroatoms. The summed E-state index contributed by atoms with van der Waals surface area (Å²) in [5.74, 6) is 0.362. The van der Waals surface area contributed by atoms with Crippen LogP contribution >= 0.6 is 0 Å². The van der Waals surface area contributed by atoms with Gasteiger partial charge in [0.2, 0.25) is 5.91 Å². The van der Waals surface area contributed by atoms with Crippen molar-refractivity contribution in [1.29, 1.82) is 0 Å². The minimum absolute atomic E-state index is 0.0813. The summed E-state index contributed by atoms with van der Waals surface area (Å²) in [6.07, 6.45) is 1.06. The Kier molecular flexibility index (Phi) is 5.83. The molecule has 0 saturated carbocycles. The molecular weight excluding hydrogens is 388 g/mol. The van der Waals surface area contributed by atoms with E-state index < -0.39 is 18.5 Å². The highest BCUT2D eigenvalue weighted by molar-refractivity contribution is 5.96. The predicted molar refractivity (Wildman–Crippen MR) is 108 cm³/mol. The highest BCUT2D eigenvalue weighted by atomic mass is 16.6. The number of fused-ring (bicyclic) bond motifs is 1. The number of carbonyl (C=O) groups excluding carboxylic acids is 3. The van der Waals surface area contributed by atoms with Crippen LogP contribution in [0.3, 0.4) is 0 Å². The maximum Gasteiger partial charge on any atom is 0.338 e. The summed E-state index contributed by atoms with van der Waals surface area (Å²) in [7, 11) is 0. The quantitative estimate of drug-likeness (QED) is 0.732. The van der Waals surface area contributed by atoms with Crippen molar-refractivity contribution in [3.63, 3.8) is 0 Å². The highest BCUT2D eigenvalue weighted by Crippen LogP contribution is 2.30. The predicted octanol–water partition coefficient (Wildman–Crippen LogP) is 1.93. The summed E-state index contributed by atoms with van der Waals surface area (Å²) in [5, 5.41) is 2.68. The molecule has 2 heterocycles. The van der Waals surface area contributed by atoms with Crippen LogP contribution in [0.2, 0.25) is 0 Å². The molecule has 0 aromatic heterocycles. The molecule has 0 bridgehead atoms. The van der Waals surface area contributed by atoms with E-state index in [4.69, 9.17) is 14.2 Å². The van der Waals surface area contributed by atoms with Crippen molar-refractivity contribution in [2.24, 2.45) is 0 Å². The standard InChI is InChI=1S/C22H22N2O6/c25-20(23-12-17-13-28-18-4-1-2-5-19(18)30-17)14-29-22(27)15-7-9-16(10-8-15)24-11-3-6-21(24)26/h1-2,4-5,7-10,17H,3,6,11-14H2,(H,23,25)/t17-/m1/s1. The number of benzene rings is 2. The molecular formula is C22H22N2O6. The van der Waals surface area contributed by atoms with Gasteiger partial charge in [0.15, 0.2) is 18.1 Å². The fraction of sp³-hybridized carbons (Fsp3) is 0.318. The van der Waals surface area contributed by atoms with Gasteiger partial charge in [-0.1, -0.05) is 12.1 Å². The van der Waals surface area contributed by atoms with E-state index in [2.05, 4.69) is 5.32 Å². The van der Waals surface area contributed by atoms with Crippen LogP contribution < -0.4 is 19.7 Å². The van der Waals surface area contributed by atoms with E-state index in [0.717, 1.165) is 12.1 Å². The third-order valence-corrected chi connectivity index (χ3v) is 4.92. The third kappa shape index (κ3) is 4.53. The summed E-state index contributed by atoms with van der Waals surface area (Å²) >= 11 is 0. The van der Waals surface area contributed by atoms with Gasteiger partial charge in [0.25, 0.3) is 5.91 Å². The van der Waals surface area contributed by atoms with Crippen LogP contribution in [0.5, 0.6) is 11.5 Å². The van der Waals surface area contributed by atoms with E-state index in [1.165, 1.54) is 0 Å². The Morgan fingerprint density at radius 1 is 1.10 bits per heavy atom. The van der Waals surface area contributed by atoms with E-state index in [9.17, 15) is 14.4 Å². The number of carbonyl (C=O) groups is 3. The fourth-order valence-electron chi connectivity index (χ4n) is 3.36. The van der Waals surface area contributed by atoms with E-state index in [-0.39, 0.29) is 18.6 Å². The Balaban J connectivity index is 1.21. The Hall–Kier alpha value is -3.55. The fourth-order valence-corrected chi connectivity index (χ4v) is 3.36. The molecule has 1 N–H and O–H groups in total. The molecule has 2 aromatic carbocycles. The van der Waals surface area contributed by atoms with Gasteiger partial charge in [-0.3, -0.25) is 9.59 Å². The van der Waals surface area contributed by atoms with Gasteiger partial charge in [-0.25, -0.2) is 4.79 Å². The van der Waals surface area contributed by atoms with Crippen molar-refractivity contribution in [2.75, 3.05) is 31.2 Å². The molecule has 0 aliphatic carbocycles. The van der Waals surface area contributed by atoms with Gasteiger partial charge >= 0.3 is 5.97 Å². The molecule has 0 unspecified atom stereocenters. The molecule has 2 amide bonds. The Labute approximate surface area is 173 Å². The van der Waals surface area contributed by atoms with Crippen molar-refractivity contribution in [3.05, 3.63) is 54.1 Å². The van der Waals surface area contributed by atoms with Gasteiger partial charge in [0.05, 0.1) is 12.1 Å². The van der Waals surface area contributed by atoms with Crippen molar-refractivity contribution in [1.82, 2.24) is 5.32 Å². The number of nitrogens with zero attached hydrogens (tertiary/aromatic N) is 1. The van der Waals surface area contributed by atoms with E-state index >= 15 is 0 Å². The monoisotopic (exact) mass is 410 g/mol. The lowest BCUT2D eigenvalue weighted by molar-refractivity contribution is -0.124. The second-order valence-electron chi connectivity index (χ2n) is 7.07. The zero-order valence-corrected chi connectivity index (χ0v) is 16.3. The number of rotatable bonds is 6.